The lowest BCUT2D eigenvalue weighted by Gasteiger charge is -2.09. The number of anilines is 3. The molecule has 6 nitrogen and oxygen atoms in total. The number of nitrogens with zero attached hydrogens (tertiary/aromatic N) is 1. The number of fused-ring (bicyclic) bond motifs is 1. The van der Waals surface area contributed by atoms with Crippen LogP contribution >= 0.6 is 0 Å². The number of rotatable bonds is 5. The Morgan fingerprint density at radius 3 is 2.50 bits per heavy atom. The Labute approximate surface area is 215 Å². The third-order valence-corrected chi connectivity index (χ3v) is 6.23. The summed E-state index contributed by atoms with van der Waals surface area (Å²) in [5.74, 6) is 0.365. The molecule has 0 atom stereocenters. The summed E-state index contributed by atoms with van der Waals surface area (Å²) in [5, 5.41) is 6.25. The minimum atomic E-state index is -4.42. The van der Waals surface area contributed by atoms with E-state index in [0.29, 0.717) is 28.3 Å². The Kier molecular flexibility index (Phi) is 5.60. The molecule has 188 valence electrons. The number of carbonyl (C=O) groups excluding carboxylic acids is 1. The van der Waals surface area contributed by atoms with Crippen molar-refractivity contribution in [2.24, 2.45) is 0 Å². The first kappa shape index (κ1) is 23.4. The van der Waals surface area contributed by atoms with Crippen LogP contribution in [0.3, 0.4) is 0 Å². The summed E-state index contributed by atoms with van der Waals surface area (Å²) >= 11 is 0. The molecule has 5 aromatic rings. The lowest BCUT2D eigenvalue weighted by atomic mass is 10.1. The number of hydrogen-bond acceptors (Lipinski definition) is 3. The molecule has 0 spiro atoms. The largest absolute Gasteiger partial charge is 0.416 e. The predicted octanol–water partition coefficient (Wildman–Crippen LogP) is 7.33. The monoisotopic (exact) mass is 511 g/mol. The Morgan fingerprint density at radius 1 is 0.868 bits per heavy atom. The van der Waals surface area contributed by atoms with Crippen molar-refractivity contribution in [1.29, 1.82) is 0 Å². The SMILES string of the molecule is O=C1Nc2cc(Nc3cccc(-c4ncc(-c5cccc(C(F)(F)F)c5)[nH]4)c3)ccc2/C1=C/c1ccc[nH]1. The van der Waals surface area contributed by atoms with Crippen molar-refractivity contribution >= 4 is 34.6 Å². The number of benzene rings is 3. The Balaban J connectivity index is 1.23. The van der Waals surface area contributed by atoms with Gasteiger partial charge in [0.25, 0.3) is 5.91 Å². The highest BCUT2D eigenvalue weighted by Gasteiger charge is 2.30. The van der Waals surface area contributed by atoms with E-state index in [0.717, 1.165) is 40.3 Å². The number of nitrogens with one attached hydrogen (secondary N) is 4. The summed E-state index contributed by atoms with van der Waals surface area (Å²) in [6, 6.07) is 22.0. The van der Waals surface area contributed by atoms with E-state index in [4.69, 9.17) is 0 Å². The first-order chi connectivity index (χ1) is 18.3. The van der Waals surface area contributed by atoms with Gasteiger partial charge in [0.05, 0.1) is 28.7 Å². The fourth-order valence-electron chi connectivity index (χ4n) is 4.39. The molecule has 0 radical (unpaired) electrons. The van der Waals surface area contributed by atoms with Gasteiger partial charge in [0.15, 0.2) is 0 Å². The number of H-pyrrole nitrogens is 2. The molecule has 2 aromatic heterocycles. The van der Waals surface area contributed by atoms with Crippen LogP contribution in [0.4, 0.5) is 30.2 Å². The first-order valence-electron chi connectivity index (χ1n) is 11.7. The molecular formula is C29H20F3N5O. The van der Waals surface area contributed by atoms with Gasteiger partial charge in [-0.25, -0.2) is 4.98 Å². The normalized spacial score (nSPS) is 14.0. The zero-order chi connectivity index (χ0) is 26.3. The van der Waals surface area contributed by atoms with Gasteiger partial charge in [-0.1, -0.05) is 30.3 Å². The highest BCUT2D eigenvalue weighted by Crippen LogP contribution is 2.36. The van der Waals surface area contributed by atoms with E-state index < -0.39 is 11.7 Å². The number of carbonyl (C=O) groups is 1. The second-order valence-electron chi connectivity index (χ2n) is 8.83. The second-order valence-corrected chi connectivity index (χ2v) is 8.83. The third kappa shape index (κ3) is 4.57. The summed E-state index contributed by atoms with van der Waals surface area (Å²) in [6.07, 6.45) is 0.719. The number of hydrogen-bond donors (Lipinski definition) is 4. The molecule has 6 rings (SSSR count). The molecule has 3 aromatic carbocycles. The quantitative estimate of drug-likeness (QED) is 0.186. The highest BCUT2D eigenvalue weighted by molar-refractivity contribution is 6.35. The van der Waals surface area contributed by atoms with Crippen LogP contribution in [-0.2, 0) is 11.0 Å². The molecule has 38 heavy (non-hydrogen) atoms. The molecule has 4 N–H and O–H groups in total. The Morgan fingerprint density at radius 2 is 1.68 bits per heavy atom. The van der Waals surface area contributed by atoms with E-state index >= 15 is 0 Å². The minimum Gasteiger partial charge on any atom is -0.362 e. The molecule has 9 heteroatoms. The van der Waals surface area contributed by atoms with Crippen LogP contribution in [-0.4, -0.2) is 20.9 Å². The Hall–Kier alpha value is -5.05. The average molecular weight is 512 g/mol. The standard InChI is InChI=1S/C29H20F3N5O/c30-29(31,32)19-6-1-4-17(12-19)26-16-34-27(36-26)18-5-2-7-21(13-18)35-22-9-10-23-24(14-20-8-3-11-33-20)28(38)37-25(23)15-22/h1-16,33,35H,(H,34,36)(H,37,38)/b24-14-. The first-order valence-corrected chi connectivity index (χ1v) is 11.7. The van der Waals surface area contributed by atoms with Gasteiger partial charge in [0, 0.05) is 40.0 Å². The molecule has 1 aliphatic heterocycles. The summed E-state index contributed by atoms with van der Waals surface area (Å²) in [7, 11) is 0. The number of halogens is 3. The molecule has 0 aliphatic carbocycles. The van der Waals surface area contributed by atoms with Gasteiger partial charge in [-0.05, 0) is 54.6 Å². The van der Waals surface area contributed by atoms with Crippen LogP contribution < -0.4 is 10.6 Å². The molecule has 0 unspecified atom stereocenters. The zero-order valence-corrected chi connectivity index (χ0v) is 19.7. The molecule has 0 saturated heterocycles. The van der Waals surface area contributed by atoms with E-state index in [2.05, 4.69) is 25.6 Å². The fraction of sp³-hybridized carbons (Fsp3) is 0.0345. The smallest absolute Gasteiger partial charge is 0.362 e. The maximum atomic E-state index is 13.1. The van der Waals surface area contributed by atoms with E-state index in [-0.39, 0.29) is 5.91 Å². The van der Waals surface area contributed by atoms with Gasteiger partial charge in [-0.15, -0.1) is 0 Å². The number of aromatic amines is 2. The molecule has 1 aliphatic rings. The van der Waals surface area contributed by atoms with Crippen LogP contribution in [0.15, 0.2) is 91.3 Å². The average Bonchev–Trinajstić information content (AvgIpc) is 3.65. The summed E-state index contributed by atoms with van der Waals surface area (Å²) in [5.41, 5.74) is 5.47. The van der Waals surface area contributed by atoms with Crippen molar-refractivity contribution in [2.75, 3.05) is 10.6 Å². The van der Waals surface area contributed by atoms with Crippen molar-refractivity contribution < 1.29 is 18.0 Å². The number of aromatic nitrogens is 3. The van der Waals surface area contributed by atoms with Gasteiger partial charge in [-0.3, -0.25) is 4.79 Å². The van der Waals surface area contributed by atoms with Gasteiger partial charge in [-0.2, -0.15) is 13.2 Å². The summed E-state index contributed by atoms with van der Waals surface area (Å²) in [6.45, 7) is 0. The molecule has 3 heterocycles. The van der Waals surface area contributed by atoms with Gasteiger partial charge in [0.1, 0.15) is 5.82 Å². The van der Waals surface area contributed by atoms with Gasteiger partial charge >= 0.3 is 6.18 Å². The molecule has 0 saturated carbocycles. The topological polar surface area (TPSA) is 85.6 Å². The molecular weight excluding hydrogens is 491 g/mol. The maximum Gasteiger partial charge on any atom is 0.416 e. The van der Waals surface area contributed by atoms with E-state index in [1.165, 1.54) is 12.3 Å². The molecule has 1 amide bonds. The number of amides is 1. The predicted molar refractivity (Wildman–Crippen MR) is 141 cm³/mol. The number of alkyl halides is 3. The van der Waals surface area contributed by atoms with Crippen molar-refractivity contribution in [1.82, 2.24) is 15.0 Å². The van der Waals surface area contributed by atoms with Crippen LogP contribution in [0.5, 0.6) is 0 Å². The fourth-order valence-corrected chi connectivity index (χ4v) is 4.39. The second kappa shape index (κ2) is 9.11. The van der Waals surface area contributed by atoms with E-state index in [9.17, 15) is 18.0 Å². The van der Waals surface area contributed by atoms with Crippen LogP contribution in [0, 0.1) is 0 Å². The highest BCUT2D eigenvalue weighted by atomic mass is 19.4. The van der Waals surface area contributed by atoms with Crippen LogP contribution in [0.1, 0.15) is 16.8 Å². The molecule has 0 fully saturated rings. The minimum absolute atomic E-state index is 0.164. The lowest BCUT2D eigenvalue weighted by Crippen LogP contribution is -2.04. The van der Waals surface area contributed by atoms with Crippen molar-refractivity contribution in [3.8, 4) is 22.6 Å². The Bertz CT molecular complexity index is 1680. The third-order valence-electron chi connectivity index (χ3n) is 6.23. The van der Waals surface area contributed by atoms with E-state index in [1.54, 1.807) is 12.3 Å². The number of imidazole rings is 1. The zero-order valence-electron chi connectivity index (χ0n) is 19.7. The maximum absolute atomic E-state index is 13.1. The van der Waals surface area contributed by atoms with E-state index in [1.807, 2.05) is 60.7 Å². The van der Waals surface area contributed by atoms with Gasteiger partial charge in [0.2, 0.25) is 0 Å². The molecule has 0 bridgehead atoms. The van der Waals surface area contributed by atoms with Crippen molar-refractivity contribution in [3.05, 3.63) is 108 Å². The van der Waals surface area contributed by atoms with Crippen molar-refractivity contribution in [2.45, 2.75) is 6.18 Å². The van der Waals surface area contributed by atoms with Crippen LogP contribution in [0.2, 0.25) is 0 Å². The summed E-state index contributed by atoms with van der Waals surface area (Å²) in [4.78, 5) is 23.1. The van der Waals surface area contributed by atoms with Crippen molar-refractivity contribution in [3.63, 3.8) is 0 Å². The van der Waals surface area contributed by atoms with Gasteiger partial charge < -0.3 is 20.6 Å². The summed E-state index contributed by atoms with van der Waals surface area (Å²) < 4.78 is 39.3. The lowest BCUT2D eigenvalue weighted by molar-refractivity contribution is -0.137. The van der Waals surface area contributed by atoms with Crippen LogP contribution in [0.25, 0.3) is 34.3 Å².